The Bertz CT molecular complexity index is 1440. The molecule has 0 unspecified atom stereocenters. The summed E-state index contributed by atoms with van der Waals surface area (Å²) in [6.07, 6.45) is 6.29. The number of hydrogen-bond donors (Lipinski definition) is 0. The first-order valence-corrected chi connectivity index (χ1v) is 11.7. The largest absolute Gasteiger partial charge is 0.493 e. The maximum absolute atomic E-state index is 13.3. The molecule has 2 aromatic carbocycles. The molecule has 0 saturated carbocycles. The molecule has 1 aliphatic heterocycles. The molecule has 36 heavy (non-hydrogen) atoms. The van der Waals surface area contributed by atoms with Crippen molar-refractivity contribution in [1.82, 2.24) is 14.5 Å². The Labute approximate surface area is 217 Å². The maximum Gasteiger partial charge on any atom is 0.246 e. The summed E-state index contributed by atoms with van der Waals surface area (Å²) in [6.45, 7) is 3.24. The summed E-state index contributed by atoms with van der Waals surface area (Å²) in [4.78, 5) is 19.8. The van der Waals surface area contributed by atoms with E-state index in [2.05, 4.69) is 27.8 Å². The minimum absolute atomic E-state index is 0. The van der Waals surface area contributed by atoms with Gasteiger partial charge in [0.15, 0.2) is 11.5 Å². The minimum atomic E-state index is -0.0120. The highest BCUT2D eigenvalue weighted by atomic mass is 35.5. The molecule has 0 N–H and O–H groups in total. The van der Waals surface area contributed by atoms with Crippen molar-refractivity contribution in [3.05, 3.63) is 83.1 Å². The highest BCUT2D eigenvalue weighted by Gasteiger charge is 2.22. The summed E-state index contributed by atoms with van der Waals surface area (Å²) >= 11 is 0. The highest BCUT2D eigenvalue weighted by molar-refractivity contribution is 6.00. The van der Waals surface area contributed by atoms with Crippen molar-refractivity contribution >= 4 is 35.4 Å². The molecule has 2 aromatic heterocycles. The molecular formula is C29H30ClN3O3. The van der Waals surface area contributed by atoms with E-state index in [-0.39, 0.29) is 18.3 Å². The number of nitrogens with zero attached hydrogens (tertiary/aromatic N) is 3. The van der Waals surface area contributed by atoms with Gasteiger partial charge in [-0.3, -0.25) is 4.79 Å². The smallest absolute Gasteiger partial charge is 0.246 e. The summed E-state index contributed by atoms with van der Waals surface area (Å²) in [7, 11) is 5.29. The highest BCUT2D eigenvalue weighted by Crippen LogP contribution is 2.35. The monoisotopic (exact) mass is 503 g/mol. The van der Waals surface area contributed by atoms with E-state index >= 15 is 0 Å². The second-order valence-corrected chi connectivity index (χ2v) is 8.89. The standard InChI is InChI=1S/C29H29N3O3.ClH/c1-19-14-24-23(28(20-8-6-5-7-9-20)31(2)29(24)30-17-19)10-11-27(33)32-13-12-21-15-25(34-3)26(35-4)16-22(21)18-32;/h5-11,14-17H,12-13,18H2,1-4H3;1H. The zero-order valence-electron chi connectivity index (χ0n) is 20.9. The van der Waals surface area contributed by atoms with Crippen LogP contribution >= 0.6 is 12.4 Å². The van der Waals surface area contributed by atoms with Crippen molar-refractivity contribution in [3.8, 4) is 22.8 Å². The van der Waals surface area contributed by atoms with E-state index in [1.165, 1.54) is 5.56 Å². The number of benzene rings is 2. The number of carbonyl (C=O) groups excluding carboxylic acids is 1. The number of amides is 1. The Morgan fingerprint density at radius 3 is 2.42 bits per heavy atom. The van der Waals surface area contributed by atoms with Crippen LogP contribution in [0.4, 0.5) is 0 Å². The number of pyridine rings is 1. The van der Waals surface area contributed by atoms with Crippen LogP contribution in [0.1, 0.15) is 22.3 Å². The fourth-order valence-corrected chi connectivity index (χ4v) is 4.89. The first kappa shape index (κ1) is 25.3. The van der Waals surface area contributed by atoms with Crippen molar-refractivity contribution < 1.29 is 14.3 Å². The normalized spacial score (nSPS) is 12.9. The number of aryl methyl sites for hydroxylation is 2. The topological polar surface area (TPSA) is 56.6 Å². The van der Waals surface area contributed by atoms with Crippen LogP contribution in [0.5, 0.6) is 11.5 Å². The second-order valence-electron chi connectivity index (χ2n) is 8.89. The number of ether oxygens (including phenoxy) is 2. The van der Waals surface area contributed by atoms with Crippen molar-refractivity contribution in [2.45, 2.75) is 19.9 Å². The van der Waals surface area contributed by atoms with Crippen LogP contribution in [0, 0.1) is 6.92 Å². The summed E-state index contributed by atoms with van der Waals surface area (Å²) < 4.78 is 13.0. The molecule has 0 radical (unpaired) electrons. The van der Waals surface area contributed by atoms with Crippen LogP contribution < -0.4 is 9.47 Å². The van der Waals surface area contributed by atoms with Gasteiger partial charge in [0.1, 0.15) is 5.65 Å². The van der Waals surface area contributed by atoms with Gasteiger partial charge in [-0.2, -0.15) is 0 Å². The Kier molecular flexibility index (Phi) is 7.36. The Morgan fingerprint density at radius 1 is 1.03 bits per heavy atom. The van der Waals surface area contributed by atoms with Crippen LogP contribution in [0.25, 0.3) is 28.4 Å². The van der Waals surface area contributed by atoms with Gasteiger partial charge < -0.3 is 18.9 Å². The average molecular weight is 504 g/mol. The van der Waals surface area contributed by atoms with E-state index < -0.39 is 0 Å². The molecule has 4 aromatic rings. The lowest BCUT2D eigenvalue weighted by Gasteiger charge is -2.28. The van der Waals surface area contributed by atoms with Gasteiger partial charge in [-0.15, -0.1) is 12.4 Å². The van der Waals surface area contributed by atoms with Gasteiger partial charge in [-0.25, -0.2) is 4.98 Å². The van der Waals surface area contributed by atoms with E-state index in [1.807, 2.05) is 61.5 Å². The average Bonchev–Trinajstić information content (AvgIpc) is 3.16. The van der Waals surface area contributed by atoms with Gasteiger partial charge in [0.05, 0.1) is 19.9 Å². The fraction of sp³-hybridized carbons (Fsp3) is 0.241. The Hall–Kier alpha value is -3.77. The van der Waals surface area contributed by atoms with Crippen LogP contribution in [0.15, 0.2) is 60.8 Å². The third kappa shape index (κ3) is 4.56. The Morgan fingerprint density at radius 2 is 1.72 bits per heavy atom. The predicted molar refractivity (Wildman–Crippen MR) is 146 cm³/mol. The first-order chi connectivity index (χ1) is 17.0. The molecule has 5 rings (SSSR count). The number of hydrogen-bond acceptors (Lipinski definition) is 4. The predicted octanol–water partition coefficient (Wildman–Crippen LogP) is 5.59. The Balaban J connectivity index is 0.00000304. The van der Waals surface area contributed by atoms with Crippen LogP contribution in [0.3, 0.4) is 0 Å². The molecule has 0 aliphatic carbocycles. The van der Waals surface area contributed by atoms with Gasteiger partial charge >= 0.3 is 0 Å². The van der Waals surface area contributed by atoms with E-state index in [1.54, 1.807) is 20.3 Å². The molecular weight excluding hydrogens is 474 g/mol. The number of aromatic nitrogens is 2. The fourth-order valence-electron chi connectivity index (χ4n) is 4.89. The molecule has 186 valence electrons. The summed E-state index contributed by atoms with van der Waals surface area (Å²) in [5.74, 6) is 1.39. The van der Waals surface area contributed by atoms with E-state index in [0.29, 0.717) is 18.8 Å². The molecule has 0 saturated heterocycles. The first-order valence-electron chi connectivity index (χ1n) is 11.7. The van der Waals surface area contributed by atoms with E-state index in [9.17, 15) is 4.79 Å². The lowest BCUT2D eigenvalue weighted by atomic mass is 9.98. The van der Waals surface area contributed by atoms with Gasteiger partial charge in [-0.05, 0) is 59.9 Å². The van der Waals surface area contributed by atoms with Crippen molar-refractivity contribution in [3.63, 3.8) is 0 Å². The van der Waals surface area contributed by atoms with Gasteiger partial charge in [0.25, 0.3) is 0 Å². The van der Waals surface area contributed by atoms with Crippen LogP contribution in [0.2, 0.25) is 0 Å². The van der Waals surface area contributed by atoms with Crippen LogP contribution in [-0.2, 0) is 24.8 Å². The van der Waals surface area contributed by atoms with Crippen molar-refractivity contribution in [2.24, 2.45) is 7.05 Å². The molecule has 0 fully saturated rings. The molecule has 0 atom stereocenters. The number of methoxy groups -OCH3 is 2. The maximum atomic E-state index is 13.3. The van der Waals surface area contributed by atoms with Crippen molar-refractivity contribution in [1.29, 1.82) is 0 Å². The van der Waals surface area contributed by atoms with Crippen LogP contribution in [-0.4, -0.2) is 41.1 Å². The van der Waals surface area contributed by atoms with E-state index in [4.69, 9.17) is 9.47 Å². The number of fused-ring (bicyclic) bond motifs is 2. The van der Waals surface area contributed by atoms with Gasteiger partial charge in [0.2, 0.25) is 5.91 Å². The minimum Gasteiger partial charge on any atom is -0.493 e. The lowest BCUT2D eigenvalue weighted by Crippen LogP contribution is -2.34. The second kappa shape index (κ2) is 10.5. The zero-order valence-corrected chi connectivity index (χ0v) is 21.8. The third-order valence-electron chi connectivity index (χ3n) is 6.67. The molecule has 1 amide bonds. The van der Waals surface area contributed by atoms with Crippen molar-refractivity contribution in [2.75, 3.05) is 20.8 Å². The number of carbonyl (C=O) groups is 1. The third-order valence-corrected chi connectivity index (χ3v) is 6.67. The molecule has 3 heterocycles. The van der Waals surface area contributed by atoms with Gasteiger partial charge in [0, 0.05) is 43.4 Å². The number of halogens is 1. The summed E-state index contributed by atoms with van der Waals surface area (Å²) in [5.41, 5.74) is 7.40. The molecule has 0 bridgehead atoms. The SMILES string of the molecule is COc1cc2c(cc1OC)CN(C(=O)C=Cc1c(-c3ccccc3)n(C)c3ncc(C)cc13)CC2.Cl. The zero-order chi connectivity index (χ0) is 24.5. The molecule has 7 heteroatoms. The number of rotatable bonds is 5. The van der Waals surface area contributed by atoms with E-state index in [0.717, 1.165) is 51.2 Å². The quantitative estimate of drug-likeness (QED) is 0.333. The lowest BCUT2D eigenvalue weighted by molar-refractivity contribution is -0.126. The molecule has 0 spiro atoms. The molecule has 6 nitrogen and oxygen atoms in total. The van der Waals surface area contributed by atoms with Gasteiger partial charge in [-0.1, -0.05) is 30.3 Å². The molecule has 1 aliphatic rings. The summed E-state index contributed by atoms with van der Waals surface area (Å²) in [6, 6.07) is 16.4. The summed E-state index contributed by atoms with van der Waals surface area (Å²) in [5, 5.41) is 1.04.